The molecule has 0 spiro atoms. The first-order valence-electron chi connectivity index (χ1n) is 14.2. The summed E-state index contributed by atoms with van der Waals surface area (Å²) in [6.07, 6.45) is 4.54. The van der Waals surface area contributed by atoms with Crippen molar-refractivity contribution in [3.8, 4) is 0 Å². The number of hydrogen-bond donors (Lipinski definition) is 6. The van der Waals surface area contributed by atoms with Gasteiger partial charge in [0.05, 0.1) is 37.6 Å². The van der Waals surface area contributed by atoms with E-state index < -0.39 is 47.8 Å². The second-order valence-electron chi connectivity index (χ2n) is 13.3. The minimum absolute atomic E-state index is 0.0304. The van der Waals surface area contributed by atoms with E-state index in [1.807, 2.05) is 0 Å². The third kappa shape index (κ3) is 5.51. The van der Waals surface area contributed by atoms with E-state index >= 15 is 0 Å². The molecule has 6 N–H and O–H groups in total. The van der Waals surface area contributed by atoms with Gasteiger partial charge in [-0.3, -0.25) is 4.55 Å². The molecule has 4 aliphatic rings. The van der Waals surface area contributed by atoms with E-state index in [0.717, 1.165) is 38.5 Å². The molecule has 4 rings (SSSR count). The van der Waals surface area contributed by atoms with Gasteiger partial charge < -0.3 is 25.5 Å². The highest BCUT2D eigenvalue weighted by Gasteiger charge is 2.65. The van der Waals surface area contributed by atoms with Crippen LogP contribution in [0.3, 0.4) is 0 Å². The fourth-order valence-corrected chi connectivity index (χ4v) is 9.81. The maximum atomic E-state index is 11.7. The standard InChI is InChI=1S/C27H48O9S/c1-15(4-7-22(30)16(13-28)14-36-37(33,34)35)19-5-6-20-25-21(12-24(32)27(19,20)3)26(2)9-8-18(29)10-17(26)11-23(25)31/h15-25,28-32H,4-14H2,1-3H3,(H,33,34,35)/t15-,16+,17?,18+,19?,20?,21?,22?,23?,24?,25?,26?,27?/m0/s1. The second kappa shape index (κ2) is 10.9. The Morgan fingerprint density at radius 3 is 2.35 bits per heavy atom. The van der Waals surface area contributed by atoms with Crippen molar-refractivity contribution in [2.75, 3.05) is 13.2 Å². The second-order valence-corrected chi connectivity index (χ2v) is 14.4. The molecule has 4 fully saturated rings. The third-order valence-electron chi connectivity index (χ3n) is 11.6. The van der Waals surface area contributed by atoms with Crippen molar-refractivity contribution < 1.29 is 42.7 Å². The van der Waals surface area contributed by atoms with Crippen molar-refractivity contribution in [3.63, 3.8) is 0 Å². The largest absolute Gasteiger partial charge is 0.397 e. The van der Waals surface area contributed by atoms with Gasteiger partial charge in [-0.25, -0.2) is 4.18 Å². The van der Waals surface area contributed by atoms with Crippen molar-refractivity contribution in [2.45, 2.75) is 103 Å². The molecule has 10 unspecified atom stereocenters. The van der Waals surface area contributed by atoms with Crippen LogP contribution in [0.5, 0.6) is 0 Å². The summed E-state index contributed by atoms with van der Waals surface area (Å²) < 4.78 is 34.9. The molecule has 0 amide bonds. The summed E-state index contributed by atoms with van der Waals surface area (Å²) in [4.78, 5) is 0. The number of rotatable bonds is 9. The van der Waals surface area contributed by atoms with Crippen molar-refractivity contribution >= 4 is 10.4 Å². The Balaban J connectivity index is 1.45. The molecule has 0 heterocycles. The Morgan fingerprint density at radius 2 is 1.70 bits per heavy atom. The molecular formula is C27H48O9S. The first kappa shape index (κ1) is 29.6. The molecule has 0 aliphatic heterocycles. The molecule has 4 aliphatic carbocycles. The van der Waals surface area contributed by atoms with Gasteiger partial charge in [0, 0.05) is 5.92 Å². The predicted molar refractivity (Wildman–Crippen MR) is 136 cm³/mol. The summed E-state index contributed by atoms with van der Waals surface area (Å²) in [5.74, 6) is 0.439. The maximum absolute atomic E-state index is 11.7. The summed E-state index contributed by atoms with van der Waals surface area (Å²) in [5.41, 5.74) is -0.309. The molecule has 216 valence electrons. The van der Waals surface area contributed by atoms with Gasteiger partial charge in [0.15, 0.2) is 0 Å². The summed E-state index contributed by atoms with van der Waals surface area (Å²) >= 11 is 0. The van der Waals surface area contributed by atoms with E-state index in [0.29, 0.717) is 19.3 Å². The monoisotopic (exact) mass is 548 g/mol. The van der Waals surface area contributed by atoms with E-state index in [1.165, 1.54) is 0 Å². The molecule has 0 aromatic carbocycles. The Hall–Kier alpha value is -0.330. The molecule has 0 aromatic heterocycles. The van der Waals surface area contributed by atoms with E-state index in [2.05, 4.69) is 25.0 Å². The van der Waals surface area contributed by atoms with Crippen molar-refractivity contribution in [3.05, 3.63) is 0 Å². The molecule has 13 atom stereocenters. The van der Waals surface area contributed by atoms with Crippen LogP contribution < -0.4 is 0 Å². The zero-order valence-electron chi connectivity index (χ0n) is 22.4. The van der Waals surface area contributed by atoms with Gasteiger partial charge in [0.25, 0.3) is 0 Å². The van der Waals surface area contributed by atoms with Crippen molar-refractivity contribution in [1.29, 1.82) is 0 Å². The van der Waals surface area contributed by atoms with Crippen LogP contribution in [-0.2, 0) is 14.6 Å². The maximum Gasteiger partial charge on any atom is 0.397 e. The summed E-state index contributed by atoms with van der Waals surface area (Å²) in [5, 5.41) is 53.5. The van der Waals surface area contributed by atoms with Crippen molar-refractivity contribution in [2.24, 2.45) is 52.3 Å². The highest BCUT2D eigenvalue weighted by molar-refractivity contribution is 7.80. The van der Waals surface area contributed by atoms with Crippen LogP contribution in [0.15, 0.2) is 0 Å². The van der Waals surface area contributed by atoms with E-state index in [4.69, 9.17) is 4.55 Å². The average Bonchev–Trinajstić information content (AvgIpc) is 3.17. The molecule has 10 heteroatoms. The molecule has 9 nitrogen and oxygen atoms in total. The van der Waals surface area contributed by atoms with Gasteiger partial charge in [-0.2, -0.15) is 8.42 Å². The van der Waals surface area contributed by atoms with Gasteiger partial charge in [0.1, 0.15) is 0 Å². The zero-order chi connectivity index (χ0) is 27.3. The Bertz CT molecular complexity index is 898. The predicted octanol–water partition coefficient (Wildman–Crippen LogP) is 2.15. The zero-order valence-corrected chi connectivity index (χ0v) is 23.3. The number of hydrogen-bond acceptors (Lipinski definition) is 8. The van der Waals surface area contributed by atoms with Crippen LogP contribution >= 0.6 is 0 Å². The Kier molecular flexibility index (Phi) is 8.75. The first-order chi connectivity index (χ1) is 17.2. The van der Waals surface area contributed by atoms with Gasteiger partial charge >= 0.3 is 10.4 Å². The van der Waals surface area contributed by atoms with E-state index in [9.17, 15) is 34.0 Å². The smallest absolute Gasteiger partial charge is 0.396 e. The minimum Gasteiger partial charge on any atom is -0.396 e. The first-order valence-corrected chi connectivity index (χ1v) is 15.5. The van der Waals surface area contributed by atoms with Gasteiger partial charge in [0.2, 0.25) is 0 Å². The lowest BCUT2D eigenvalue weighted by molar-refractivity contribution is -0.207. The van der Waals surface area contributed by atoms with E-state index in [-0.39, 0.29) is 52.4 Å². The normalized spacial score (nSPS) is 46.4. The highest BCUT2D eigenvalue weighted by atomic mass is 32.3. The van der Waals surface area contributed by atoms with Crippen LogP contribution in [0.1, 0.15) is 78.6 Å². The quantitative estimate of drug-likeness (QED) is 0.237. The van der Waals surface area contributed by atoms with Crippen LogP contribution in [0.2, 0.25) is 0 Å². The topological polar surface area (TPSA) is 165 Å². The van der Waals surface area contributed by atoms with Crippen LogP contribution in [0, 0.1) is 52.3 Å². The molecule has 37 heavy (non-hydrogen) atoms. The number of fused-ring (bicyclic) bond motifs is 5. The number of aliphatic hydroxyl groups excluding tert-OH is 5. The van der Waals surface area contributed by atoms with E-state index in [1.54, 1.807) is 0 Å². The summed E-state index contributed by atoms with van der Waals surface area (Å²) in [6, 6.07) is 0. The van der Waals surface area contributed by atoms with Crippen molar-refractivity contribution in [1.82, 2.24) is 0 Å². The molecule has 0 aromatic rings. The Morgan fingerprint density at radius 1 is 1.00 bits per heavy atom. The third-order valence-corrected chi connectivity index (χ3v) is 12.1. The molecule has 4 saturated carbocycles. The molecule has 0 radical (unpaired) electrons. The fourth-order valence-electron chi connectivity index (χ4n) is 9.46. The number of aliphatic hydroxyl groups is 5. The van der Waals surface area contributed by atoms with Gasteiger partial charge in [-0.15, -0.1) is 0 Å². The lowest BCUT2D eigenvalue weighted by Crippen LogP contribution is -2.62. The van der Waals surface area contributed by atoms with Crippen LogP contribution in [-0.4, -0.2) is 76.1 Å². The minimum atomic E-state index is -4.65. The molecule has 0 bridgehead atoms. The van der Waals surface area contributed by atoms with Crippen LogP contribution in [0.25, 0.3) is 0 Å². The summed E-state index contributed by atoms with van der Waals surface area (Å²) in [6.45, 7) is 5.67. The lowest BCUT2D eigenvalue weighted by Gasteiger charge is -2.63. The fraction of sp³-hybridized carbons (Fsp3) is 1.00. The summed E-state index contributed by atoms with van der Waals surface area (Å²) in [7, 11) is -4.65. The highest BCUT2D eigenvalue weighted by Crippen LogP contribution is 2.68. The van der Waals surface area contributed by atoms with Crippen LogP contribution in [0.4, 0.5) is 0 Å². The lowest BCUT2D eigenvalue weighted by atomic mass is 9.43. The molecular weight excluding hydrogens is 500 g/mol. The average molecular weight is 549 g/mol. The molecule has 0 saturated heterocycles. The SMILES string of the molecule is C[C@@H](CCC(O)[C@H](CO)COS(=O)(=O)O)C1CCC2C3C(O)CC4C[C@H](O)CCC4(C)C3CC(O)C21C. The Labute approximate surface area is 221 Å². The van der Waals surface area contributed by atoms with Gasteiger partial charge in [-0.1, -0.05) is 20.8 Å². The van der Waals surface area contributed by atoms with Gasteiger partial charge in [-0.05, 0) is 104 Å².